The van der Waals surface area contributed by atoms with Crippen LogP contribution < -0.4 is 5.32 Å². The molecular formula is C16H15Cl2NOS. The van der Waals surface area contributed by atoms with E-state index in [4.69, 9.17) is 23.2 Å². The van der Waals surface area contributed by atoms with Crippen molar-refractivity contribution in [3.05, 3.63) is 64.1 Å². The topological polar surface area (TPSA) is 29.1 Å². The molecule has 0 radical (unpaired) electrons. The van der Waals surface area contributed by atoms with Gasteiger partial charge in [0, 0.05) is 17.9 Å². The molecule has 0 atom stereocenters. The number of carbonyl (C=O) groups is 1. The van der Waals surface area contributed by atoms with E-state index in [1.54, 1.807) is 30.0 Å². The number of nitrogens with one attached hydrogen (secondary N) is 1. The van der Waals surface area contributed by atoms with E-state index >= 15 is 0 Å². The van der Waals surface area contributed by atoms with Gasteiger partial charge in [-0.25, -0.2) is 0 Å². The van der Waals surface area contributed by atoms with Gasteiger partial charge in [-0.2, -0.15) is 11.8 Å². The molecule has 2 aromatic carbocycles. The van der Waals surface area contributed by atoms with Gasteiger partial charge in [0.2, 0.25) is 5.91 Å². The average Bonchev–Trinajstić information content (AvgIpc) is 2.49. The molecule has 1 amide bonds. The molecule has 0 spiro atoms. The molecule has 0 aliphatic rings. The summed E-state index contributed by atoms with van der Waals surface area (Å²) in [5.41, 5.74) is 1.75. The van der Waals surface area contributed by atoms with Crippen LogP contribution in [-0.2, 0) is 10.5 Å². The number of halogens is 2. The van der Waals surface area contributed by atoms with Crippen molar-refractivity contribution in [2.24, 2.45) is 0 Å². The van der Waals surface area contributed by atoms with E-state index in [9.17, 15) is 4.79 Å². The Hall–Kier alpha value is -1.16. The van der Waals surface area contributed by atoms with Crippen LogP contribution in [0.2, 0.25) is 10.0 Å². The fourth-order valence-electron chi connectivity index (χ4n) is 1.75. The van der Waals surface area contributed by atoms with E-state index < -0.39 is 0 Å². The molecule has 0 heterocycles. The first-order valence-corrected chi connectivity index (χ1v) is 8.43. The molecule has 1 N–H and O–H groups in total. The molecule has 0 fully saturated rings. The number of anilines is 1. The SMILES string of the molecule is O=C(CCSCc1ccccc1)Nc1c(Cl)cccc1Cl. The third kappa shape index (κ3) is 5.27. The Morgan fingerprint density at radius 3 is 2.33 bits per heavy atom. The van der Waals surface area contributed by atoms with E-state index in [0.29, 0.717) is 22.2 Å². The van der Waals surface area contributed by atoms with Crippen LogP contribution in [0.1, 0.15) is 12.0 Å². The highest BCUT2D eigenvalue weighted by Gasteiger charge is 2.09. The molecule has 0 bridgehead atoms. The number of para-hydroxylation sites is 1. The van der Waals surface area contributed by atoms with Gasteiger partial charge in [-0.3, -0.25) is 4.79 Å². The minimum atomic E-state index is -0.0782. The highest BCUT2D eigenvalue weighted by atomic mass is 35.5. The van der Waals surface area contributed by atoms with Gasteiger partial charge in [0.1, 0.15) is 0 Å². The molecule has 0 unspecified atom stereocenters. The van der Waals surface area contributed by atoms with Gasteiger partial charge < -0.3 is 5.32 Å². The fourth-order valence-corrected chi connectivity index (χ4v) is 3.14. The lowest BCUT2D eigenvalue weighted by Crippen LogP contribution is -2.13. The first kappa shape index (κ1) is 16.2. The third-order valence-corrected chi connectivity index (χ3v) is 4.47. The zero-order valence-corrected chi connectivity index (χ0v) is 13.6. The molecule has 0 aliphatic carbocycles. The highest BCUT2D eigenvalue weighted by Crippen LogP contribution is 2.29. The van der Waals surface area contributed by atoms with E-state index in [1.807, 2.05) is 18.2 Å². The summed E-state index contributed by atoms with van der Waals surface area (Å²) in [6.07, 6.45) is 0.430. The van der Waals surface area contributed by atoms with E-state index in [1.165, 1.54) is 5.56 Å². The van der Waals surface area contributed by atoms with Gasteiger partial charge in [-0.1, -0.05) is 59.6 Å². The Balaban J connectivity index is 1.75. The number of hydrogen-bond acceptors (Lipinski definition) is 2. The maximum atomic E-state index is 11.9. The van der Waals surface area contributed by atoms with Crippen LogP contribution >= 0.6 is 35.0 Å². The lowest BCUT2D eigenvalue weighted by Gasteiger charge is -2.09. The van der Waals surface area contributed by atoms with Gasteiger partial charge in [0.05, 0.1) is 15.7 Å². The number of benzene rings is 2. The molecular weight excluding hydrogens is 325 g/mol. The van der Waals surface area contributed by atoms with Gasteiger partial charge in [-0.05, 0) is 17.7 Å². The van der Waals surface area contributed by atoms with E-state index in [2.05, 4.69) is 17.4 Å². The minimum Gasteiger partial charge on any atom is -0.324 e. The second-order valence-electron chi connectivity index (χ2n) is 4.43. The van der Waals surface area contributed by atoms with Crippen LogP contribution in [0, 0.1) is 0 Å². The zero-order valence-electron chi connectivity index (χ0n) is 11.3. The number of amides is 1. The van der Waals surface area contributed by atoms with Crippen LogP contribution in [0.5, 0.6) is 0 Å². The van der Waals surface area contributed by atoms with Crippen molar-refractivity contribution in [1.82, 2.24) is 0 Å². The van der Waals surface area contributed by atoms with Crippen molar-refractivity contribution < 1.29 is 4.79 Å². The van der Waals surface area contributed by atoms with Gasteiger partial charge in [0.25, 0.3) is 0 Å². The Morgan fingerprint density at radius 2 is 1.67 bits per heavy atom. The Labute approximate surface area is 138 Å². The lowest BCUT2D eigenvalue weighted by molar-refractivity contribution is -0.115. The van der Waals surface area contributed by atoms with Crippen LogP contribution in [0.25, 0.3) is 0 Å². The largest absolute Gasteiger partial charge is 0.324 e. The molecule has 0 aromatic heterocycles. The second kappa shape index (κ2) is 8.32. The summed E-state index contributed by atoms with van der Waals surface area (Å²) < 4.78 is 0. The Morgan fingerprint density at radius 1 is 1.00 bits per heavy atom. The molecule has 0 saturated heterocycles. The first-order valence-electron chi connectivity index (χ1n) is 6.52. The maximum Gasteiger partial charge on any atom is 0.225 e. The van der Waals surface area contributed by atoms with Crippen LogP contribution in [-0.4, -0.2) is 11.7 Å². The normalized spacial score (nSPS) is 10.4. The summed E-state index contributed by atoms with van der Waals surface area (Å²) in [7, 11) is 0. The van der Waals surface area contributed by atoms with Gasteiger partial charge in [0.15, 0.2) is 0 Å². The molecule has 21 heavy (non-hydrogen) atoms. The highest BCUT2D eigenvalue weighted by molar-refractivity contribution is 7.98. The van der Waals surface area contributed by atoms with Crippen molar-refractivity contribution in [3.63, 3.8) is 0 Å². The smallest absolute Gasteiger partial charge is 0.225 e. The van der Waals surface area contributed by atoms with Crippen LogP contribution in [0.15, 0.2) is 48.5 Å². The van der Waals surface area contributed by atoms with Crippen LogP contribution in [0.4, 0.5) is 5.69 Å². The third-order valence-electron chi connectivity index (χ3n) is 2.81. The number of rotatable bonds is 6. The number of hydrogen-bond donors (Lipinski definition) is 1. The summed E-state index contributed by atoms with van der Waals surface area (Å²) >= 11 is 13.7. The Kier molecular flexibility index (Phi) is 6.43. The molecule has 2 aromatic rings. The Bertz CT molecular complexity index is 584. The fraction of sp³-hybridized carbons (Fsp3) is 0.188. The molecule has 5 heteroatoms. The first-order chi connectivity index (χ1) is 10.2. The van der Waals surface area contributed by atoms with Gasteiger partial charge in [-0.15, -0.1) is 0 Å². The van der Waals surface area contributed by atoms with Crippen molar-refractivity contribution in [3.8, 4) is 0 Å². The standard InChI is InChI=1S/C16H15Cl2NOS/c17-13-7-4-8-14(18)16(13)19-15(20)9-10-21-11-12-5-2-1-3-6-12/h1-8H,9-11H2,(H,19,20). The van der Waals surface area contributed by atoms with Crippen LogP contribution in [0.3, 0.4) is 0 Å². The number of thioether (sulfide) groups is 1. The average molecular weight is 340 g/mol. The zero-order chi connectivity index (χ0) is 15.1. The summed E-state index contributed by atoms with van der Waals surface area (Å²) in [4.78, 5) is 11.9. The quantitative estimate of drug-likeness (QED) is 0.727. The van der Waals surface area contributed by atoms with E-state index in [-0.39, 0.29) is 5.91 Å². The molecule has 2 nitrogen and oxygen atoms in total. The van der Waals surface area contributed by atoms with Crippen molar-refractivity contribution in [1.29, 1.82) is 0 Å². The predicted molar refractivity (Wildman–Crippen MR) is 92.3 cm³/mol. The summed E-state index contributed by atoms with van der Waals surface area (Å²) in [5.74, 6) is 1.58. The maximum absolute atomic E-state index is 11.9. The molecule has 110 valence electrons. The van der Waals surface area contributed by atoms with Crippen molar-refractivity contribution >= 4 is 46.6 Å². The lowest BCUT2D eigenvalue weighted by atomic mass is 10.2. The second-order valence-corrected chi connectivity index (χ2v) is 6.35. The van der Waals surface area contributed by atoms with Crippen molar-refractivity contribution in [2.75, 3.05) is 11.1 Å². The summed E-state index contributed by atoms with van der Waals surface area (Å²) in [6, 6.07) is 15.3. The van der Waals surface area contributed by atoms with E-state index in [0.717, 1.165) is 11.5 Å². The van der Waals surface area contributed by atoms with Gasteiger partial charge >= 0.3 is 0 Å². The summed E-state index contributed by atoms with van der Waals surface area (Å²) in [6.45, 7) is 0. The summed E-state index contributed by atoms with van der Waals surface area (Å²) in [5, 5.41) is 3.66. The minimum absolute atomic E-state index is 0.0782. The molecule has 0 aliphatic heterocycles. The number of carbonyl (C=O) groups excluding carboxylic acids is 1. The molecule has 2 rings (SSSR count). The van der Waals surface area contributed by atoms with Crippen molar-refractivity contribution in [2.45, 2.75) is 12.2 Å². The monoisotopic (exact) mass is 339 g/mol. The predicted octanol–water partition coefficient (Wildman–Crippen LogP) is 5.26. The molecule has 0 saturated carbocycles.